The van der Waals surface area contributed by atoms with Crippen LogP contribution in [-0.4, -0.2) is 19.0 Å². The summed E-state index contributed by atoms with van der Waals surface area (Å²) in [5.41, 5.74) is 9.54. The van der Waals surface area contributed by atoms with Gasteiger partial charge in [0.25, 0.3) is 0 Å². The van der Waals surface area contributed by atoms with Gasteiger partial charge in [0.2, 0.25) is 0 Å². The van der Waals surface area contributed by atoms with E-state index in [2.05, 4.69) is 154 Å². The molecule has 0 unspecified atom stereocenters. The van der Waals surface area contributed by atoms with E-state index in [1.165, 1.54) is 30.5 Å². The van der Waals surface area contributed by atoms with E-state index in [1.54, 1.807) is 20.8 Å². The fourth-order valence-electron chi connectivity index (χ4n) is 5.38. The van der Waals surface area contributed by atoms with E-state index in [-0.39, 0.29) is 20.5 Å². The van der Waals surface area contributed by atoms with E-state index in [4.69, 9.17) is 0 Å². The summed E-state index contributed by atoms with van der Waals surface area (Å²) >= 11 is -1.90. The monoisotopic (exact) mass is 623 g/mol. The molecule has 0 bridgehead atoms. The third-order valence-corrected chi connectivity index (χ3v) is 17.4. The van der Waals surface area contributed by atoms with Gasteiger partial charge < -0.3 is 0 Å². The maximum absolute atomic E-state index is 2.83. The molecule has 0 amide bonds. The molecule has 0 aromatic heterocycles. The van der Waals surface area contributed by atoms with Gasteiger partial charge in [-0.15, -0.1) is 0 Å². The molecule has 0 spiro atoms. The van der Waals surface area contributed by atoms with Crippen LogP contribution in [0.5, 0.6) is 0 Å². The second-order valence-electron chi connectivity index (χ2n) is 17.1. The molecule has 2 heteroatoms. The molecule has 2 rings (SSSR count). The number of hydrogen-bond acceptors (Lipinski definition) is 0. The van der Waals surface area contributed by atoms with Gasteiger partial charge in [0.05, 0.1) is 0 Å². The molecule has 0 aliphatic carbocycles. The summed E-state index contributed by atoms with van der Waals surface area (Å²) in [7, 11) is 1.40. The topological polar surface area (TPSA) is 0 Å². The molecule has 0 nitrogen and oxygen atoms in total. The Morgan fingerprint density at radius 2 is 0.975 bits per heavy atom. The Morgan fingerprint density at radius 1 is 0.575 bits per heavy atom. The summed E-state index contributed by atoms with van der Waals surface area (Å²) in [4.78, 5) is 0. The van der Waals surface area contributed by atoms with Gasteiger partial charge in [0.15, 0.2) is 0 Å². The van der Waals surface area contributed by atoms with Crippen molar-refractivity contribution < 1.29 is 0 Å². The molecule has 0 aliphatic rings. The molecular weight excluding hydrogens is 560 g/mol. The average Bonchev–Trinajstić information content (AvgIpc) is 2.75. The van der Waals surface area contributed by atoms with Crippen molar-refractivity contribution in [2.24, 2.45) is 0 Å². The molecule has 1 radical (unpaired) electrons. The van der Waals surface area contributed by atoms with E-state index in [0.717, 1.165) is 0 Å². The predicted octanol–water partition coefficient (Wildman–Crippen LogP) is 11.1. The first-order valence-electron chi connectivity index (χ1n) is 15.7. The van der Waals surface area contributed by atoms with E-state index < -0.39 is 14.3 Å². The molecule has 40 heavy (non-hydrogen) atoms. The molecule has 0 saturated heterocycles. The Morgan fingerprint density at radius 3 is 1.25 bits per heavy atom. The van der Waals surface area contributed by atoms with Crippen molar-refractivity contribution in [3.05, 3.63) is 57.6 Å². The minimum atomic E-state index is -1.90. The molecule has 0 aliphatic heterocycles. The van der Waals surface area contributed by atoms with Gasteiger partial charge in [-0.2, -0.15) is 0 Å². The normalized spacial score (nSPS) is 14.1. The summed E-state index contributed by atoms with van der Waals surface area (Å²) in [6, 6.07) is 10.2. The first kappa shape index (κ1) is 35.3. The second kappa shape index (κ2) is 12.4. The standard InChI is InChI=1S/C38H62GeP/c1-24(2)27-19-29(25(3)4)33(30(20-27)26(5)6)39(38(16,17)18)23-40-34-31(36(10,11)12)21-28(35(7,8)9)22-32(34)37(13,14)15/h19-26H,1-18H3. The van der Waals surface area contributed by atoms with Crippen LogP contribution in [0.3, 0.4) is 0 Å². The van der Waals surface area contributed by atoms with E-state index in [1.807, 2.05) is 0 Å². The SMILES string of the molecule is CC(C)c1cc(C(C)C)[c]([Ge]([CH]=Pc2c(C(C)(C)C)cc(C(C)(C)C)cc2C(C)(C)C)[C](C)(C)C)c(C(C)C)c1. The molecular formula is C38H62GeP. The zero-order chi connectivity index (χ0) is 31.2. The van der Waals surface area contributed by atoms with Crippen molar-refractivity contribution >= 4 is 36.9 Å². The third kappa shape index (κ3) is 8.37. The van der Waals surface area contributed by atoms with Crippen LogP contribution < -0.4 is 9.70 Å². The number of hydrogen-bond donors (Lipinski definition) is 0. The fraction of sp³-hybridized carbons (Fsp3) is 0.658. The molecule has 0 N–H and O–H groups in total. The van der Waals surface area contributed by atoms with Gasteiger partial charge >= 0.3 is 257 Å². The van der Waals surface area contributed by atoms with Crippen molar-refractivity contribution in [1.29, 1.82) is 0 Å². The predicted molar refractivity (Wildman–Crippen MR) is 189 cm³/mol. The van der Waals surface area contributed by atoms with Gasteiger partial charge in [-0.1, -0.05) is 0 Å². The molecule has 2 aromatic carbocycles. The van der Waals surface area contributed by atoms with E-state index in [9.17, 15) is 0 Å². The molecule has 0 fully saturated rings. The maximum atomic E-state index is 2.83. The first-order valence-corrected chi connectivity index (χ1v) is 19.9. The summed E-state index contributed by atoms with van der Waals surface area (Å²) in [6.07, 6.45) is 0. The van der Waals surface area contributed by atoms with Crippen molar-refractivity contribution in [1.82, 2.24) is 0 Å². The minimum absolute atomic E-state index is 0.0877. The average molecular weight is 622 g/mol. The Labute approximate surface area is 256 Å². The van der Waals surface area contributed by atoms with Gasteiger partial charge in [0, 0.05) is 0 Å². The van der Waals surface area contributed by atoms with E-state index in [0.29, 0.717) is 17.8 Å². The molecule has 0 atom stereocenters. The third-order valence-electron chi connectivity index (χ3n) is 8.12. The molecule has 0 heterocycles. The van der Waals surface area contributed by atoms with Gasteiger partial charge in [-0.3, -0.25) is 0 Å². The summed E-state index contributed by atoms with van der Waals surface area (Å²) in [5.74, 6) is 1.61. The first-order chi connectivity index (χ1) is 17.9. The summed E-state index contributed by atoms with van der Waals surface area (Å²) in [6.45, 7) is 43.3. The van der Waals surface area contributed by atoms with Crippen LogP contribution in [0.15, 0.2) is 24.3 Å². The van der Waals surface area contributed by atoms with Crippen LogP contribution in [-0.2, 0) is 16.2 Å². The Balaban J connectivity index is 3.02. The quantitative estimate of drug-likeness (QED) is 0.222. The van der Waals surface area contributed by atoms with Crippen molar-refractivity contribution in [2.45, 2.75) is 163 Å². The van der Waals surface area contributed by atoms with Crippen LogP contribution in [0.25, 0.3) is 0 Å². The van der Waals surface area contributed by atoms with Crippen LogP contribution in [0.2, 0.25) is 4.25 Å². The Kier molecular flexibility index (Phi) is 11.0. The molecule has 2 aromatic rings. The summed E-state index contributed by atoms with van der Waals surface area (Å²) in [5, 5.41) is 1.55. The van der Waals surface area contributed by atoms with Crippen molar-refractivity contribution in [3.8, 4) is 0 Å². The zero-order valence-electron chi connectivity index (χ0n) is 29.6. The summed E-state index contributed by atoms with van der Waals surface area (Å²) < 4.78 is 4.85. The van der Waals surface area contributed by atoms with Crippen molar-refractivity contribution in [3.63, 3.8) is 0 Å². The van der Waals surface area contributed by atoms with Crippen LogP contribution in [0.4, 0.5) is 0 Å². The Hall–Kier alpha value is -0.847. The van der Waals surface area contributed by atoms with Gasteiger partial charge in [0.1, 0.15) is 0 Å². The zero-order valence-corrected chi connectivity index (χ0v) is 32.6. The van der Waals surface area contributed by atoms with Gasteiger partial charge in [-0.25, -0.2) is 0 Å². The Bertz CT molecular complexity index is 1130. The van der Waals surface area contributed by atoms with E-state index >= 15 is 0 Å². The van der Waals surface area contributed by atoms with Crippen molar-refractivity contribution in [2.75, 3.05) is 0 Å². The van der Waals surface area contributed by atoms with Crippen LogP contribution >= 0.6 is 8.20 Å². The van der Waals surface area contributed by atoms with Crippen LogP contribution in [0, 0.1) is 0 Å². The fourth-order valence-corrected chi connectivity index (χ4v) is 16.5. The molecule has 0 saturated carbocycles. The second-order valence-corrected chi connectivity index (χ2v) is 25.7. The number of benzene rings is 2. The van der Waals surface area contributed by atoms with Gasteiger partial charge in [-0.05, 0) is 0 Å². The molecule has 223 valence electrons. The van der Waals surface area contributed by atoms with Crippen LogP contribution in [0.1, 0.15) is 176 Å². The number of rotatable bonds is 6.